The third kappa shape index (κ3) is 5.08. The number of ether oxygens (including phenoxy) is 1. The molecule has 0 fully saturated rings. The zero-order valence-corrected chi connectivity index (χ0v) is 6.53. The summed E-state index contributed by atoms with van der Waals surface area (Å²) < 4.78 is 4.34. The second kappa shape index (κ2) is 5.41. The van der Waals surface area contributed by atoms with Crippen LogP contribution in [0.25, 0.3) is 0 Å². The average molecular weight is 154 g/mol. The number of allylic oxidation sites excluding steroid dienone is 3. The minimum atomic E-state index is -0.427. The van der Waals surface area contributed by atoms with Gasteiger partial charge in [-0.3, -0.25) is 4.79 Å². The average Bonchev–Trinajstić information content (AvgIpc) is 2.01. The Bertz CT molecular complexity index is 201. The molecule has 3 heteroatoms. The number of carbonyl (C=O) groups is 2. The molecule has 0 aliphatic carbocycles. The maximum absolute atomic E-state index is 10.5. The molecule has 0 unspecified atom stereocenters. The quantitative estimate of drug-likeness (QED) is 0.262. The van der Waals surface area contributed by atoms with Crippen molar-refractivity contribution in [1.29, 1.82) is 0 Å². The van der Waals surface area contributed by atoms with Gasteiger partial charge < -0.3 is 4.74 Å². The Balaban J connectivity index is 4.02. The van der Waals surface area contributed by atoms with Crippen LogP contribution in [0.3, 0.4) is 0 Å². The Morgan fingerprint density at radius 2 is 2.00 bits per heavy atom. The first-order valence-electron chi connectivity index (χ1n) is 3.08. The van der Waals surface area contributed by atoms with Crippen LogP contribution in [0.2, 0.25) is 0 Å². The van der Waals surface area contributed by atoms with Crippen molar-refractivity contribution >= 4 is 12.3 Å². The predicted molar refractivity (Wildman–Crippen MR) is 41.0 cm³/mol. The zero-order valence-electron chi connectivity index (χ0n) is 6.53. The number of rotatable bonds is 3. The second-order valence-corrected chi connectivity index (χ2v) is 1.90. The lowest BCUT2D eigenvalue weighted by Crippen LogP contribution is -1.93. The normalized spacial score (nSPS) is 11.6. The fourth-order valence-electron chi connectivity index (χ4n) is 0.430. The summed E-state index contributed by atoms with van der Waals surface area (Å²) in [4.78, 5) is 20.4. The van der Waals surface area contributed by atoms with Crippen LogP contribution in [0.4, 0.5) is 0 Å². The first-order valence-corrected chi connectivity index (χ1v) is 3.08. The van der Waals surface area contributed by atoms with Crippen LogP contribution >= 0.6 is 0 Å². The van der Waals surface area contributed by atoms with Gasteiger partial charge in [0.1, 0.15) is 6.29 Å². The van der Waals surface area contributed by atoms with Crippen molar-refractivity contribution in [3.05, 3.63) is 23.8 Å². The van der Waals surface area contributed by atoms with E-state index in [1.807, 2.05) is 0 Å². The van der Waals surface area contributed by atoms with Crippen molar-refractivity contribution in [1.82, 2.24) is 0 Å². The molecule has 0 saturated carbocycles. The van der Waals surface area contributed by atoms with Crippen molar-refractivity contribution in [2.45, 2.75) is 6.92 Å². The molecule has 0 aromatic heterocycles. The summed E-state index contributed by atoms with van der Waals surface area (Å²) in [5.41, 5.74) is 0.713. The lowest BCUT2D eigenvalue weighted by atomic mass is 10.2. The van der Waals surface area contributed by atoms with Crippen molar-refractivity contribution in [3.63, 3.8) is 0 Å². The highest BCUT2D eigenvalue weighted by atomic mass is 16.5. The van der Waals surface area contributed by atoms with Gasteiger partial charge in [-0.05, 0) is 18.6 Å². The number of hydrogen-bond acceptors (Lipinski definition) is 3. The summed E-state index contributed by atoms with van der Waals surface area (Å²) in [6.07, 6.45) is 4.80. The van der Waals surface area contributed by atoms with Gasteiger partial charge in [0.05, 0.1) is 7.11 Å². The Morgan fingerprint density at radius 3 is 2.45 bits per heavy atom. The largest absolute Gasteiger partial charge is 0.466 e. The molecule has 0 aliphatic rings. The molecule has 0 aliphatic heterocycles. The summed E-state index contributed by atoms with van der Waals surface area (Å²) in [6.45, 7) is 1.72. The summed E-state index contributed by atoms with van der Waals surface area (Å²) in [7, 11) is 1.30. The van der Waals surface area contributed by atoms with Gasteiger partial charge in [-0.1, -0.05) is 6.08 Å². The van der Waals surface area contributed by atoms with E-state index in [9.17, 15) is 9.59 Å². The molecule has 60 valence electrons. The molecule has 3 nitrogen and oxygen atoms in total. The topological polar surface area (TPSA) is 43.4 Å². The number of methoxy groups -OCH3 is 1. The van der Waals surface area contributed by atoms with E-state index in [-0.39, 0.29) is 0 Å². The van der Waals surface area contributed by atoms with E-state index in [1.165, 1.54) is 25.3 Å². The lowest BCUT2D eigenvalue weighted by molar-refractivity contribution is -0.134. The number of carbonyl (C=O) groups excluding carboxylic acids is 2. The highest BCUT2D eigenvalue weighted by Crippen LogP contribution is 1.92. The zero-order chi connectivity index (χ0) is 8.69. The molecule has 0 radical (unpaired) electrons. The van der Waals surface area contributed by atoms with Crippen molar-refractivity contribution in [2.75, 3.05) is 7.11 Å². The summed E-state index contributed by atoms with van der Waals surface area (Å²) in [5, 5.41) is 0. The maximum Gasteiger partial charge on any atom is 0.330 e. The van der Waals surface area contributed by atoms with E-state index >= 15 is 0 Å². The van der Waals surface area contributed by atoms with Gasteiger partial charge in [-0.25, -0.2) is 4.79 Å². The third-order valence-corrected chi connectivity index (χ3v) is 1.01. The van der Waals surface area contributed by atoms with Crippen molar-refractivity contribution < 1.29 is 14.3 Å². The summed E-state index contributed by atoms with van der Waals surface area (Å²) >= 11 is 0. The van der Waals surface area contributed by atoms with E-state index in [0.717, 1.165) is 0 Å². The molecule has 0 atom stereocenters. The van der Waals surface area contributed by atoms with Crippen molar-refractivity contribution in [3.8, 4) is 0 Å². The van der Waals surface area contributed by atoms with Crippen LogP contribution in [0.1, 0.15) is 6.92 Å². The molecule has 0 saturated heterocycles. The van der Waals surface area contributed by atoms with Crippen LogP contribution in [0.15, 0.2) is 23.8 Å². The minimum absolute atomic E-state index is 0.427. The molecule has 11 heavy (non-hydrogen) atoms. The van der Waals surface area contributed by atoms with E-state index < -0.39 is 5.97 Å². The molecule has 0 amide bonds. The number of esters is 1. The van der Waals surface area contributed by atoms with Gasteiger partial charge >= 0.3 is 5.97 Å². The number of hydrogen-bond donors (Lipinski definition) is 0. The fourth-order valence-corrected chi connectivity index (χ4v) is 0.430. The second-order valence-electron chi connectivity index (χ2n) is 1.90. The van der Waals surface area contributed by atoms with Gasteiger partial charge in [0.25, 0.3) is 0 Å². The lowest BCUT2D eigenvalue weighted by Gasteiger charge is -1.89. The molecular formula is C8H10O3. The van der Waals surface area contributed by atoms with Gasteiger partial charge in [0.2, 0.25) is 0 Å². The Labute approximate surface area is 65.4 Å². The smallest absolute Gasteiger partial charge is 0.330 e. The van der Waals surface area contributed by atoms with Crippen LogP contribution in [0.5, 0.6) is 0 Å². The summed E-state index contributed by atoms with van der Waals surface area (Å²) in [5.74, 6) is -0.427. The van der Waals surface area contributed by atoms with E-state index in [4.69, 9.17) is 0 Å². The Kier molecular flexibility index (Phi) is 4.73. The highest BCUT2D eigenvalue weighted by molar-refractivity contribution is 5.82. The van der Waals surface area contributed by atoms with E-state index in [2.05, 4.69) is 4.74 Å². The molecule has 0 rings (SSSR count). The van der Waals surface area contributed by atoms with Gasteiger partial charge in [0, 0.05) is 6.08 Å². The molecule has 0 bridgehead atoms. The molecule has 0 aromatic carbocycles. The van der Waals surface area contributed by atoms with Gasteiger partial charge in [-0.15, -0.1) is 0 Å². The third-order valence-electron chi connectivity index (χ3n) is 1.01. The van der Waals surface area contributed by atoms with Crippen molar-refractivity contribution in [2.24, 2.45) is 0 Å². The van der Waals surface area contributed by atoms with Crippen LogP contribution in [0, 0.1) is 0 Å². The first-order chi connectivity index (χ1) is 5.20. The molecule has 0 N–H and O–H groups in total. The molecule has 0 heterocycles. The maximum atomic E-state index is 10.5. The van der Waals surface area contributed by atoms with E-state index in [0.29, 0.717) is 11.9 Å². The molecule has 0 aromatic rings. The highest BCUT2D eigenvalue weighted by Gasteiger charge is 1.89. The fraction of sp³-hybridized carbons (Fsp3) is 0.250. The standard InChI is InChI=1S/C8H10O3/c1-7(5-6-9)3-4-8(10)11-2/h3-6H,1-2H3/b4-3+,7-5-. The van der Waals surface area contributed by atoms with E-state index in [1.54, 1.807) is 6.92 Å². The first kappa shape index (κ1) is 9.62. The molecular weight excluding hydrogens is 144 g/mol. The SMILES string of the molecule is COC(=O)/C=C/C(C)=C\C=O. The predicted octanol–water partition coefficient (Wildman–Crippen LogP) is 0.861. The van der Waals surface area contributed by atoms with Crippen LogP contribution < -0.4 is 0 Å². The van der Waals surface area contributed by atoms with Gasteiger partial charge in [-0.2, -0.15) is 0 Å². The monoisotopic (exact) mass is 154 g/mol. The Hall–Kier alpha value is -1.38. The summed E-state index contributed by atoms with van der Waals surface area (Å²) in [6, 6.07) is 0. The molecule has 0 spiro atoms. The van der Waals surface area contributed by atoms with Gasteiger partial charge in [0.15, 0.2) is 0 Å². The minimum Gasteiger partial charge on any atom is -0.466 e. The van der Waals surface area contributed by atoms with Crippen LogP contribution in [-0.2, 0) is 14.3 Å². The number of aldehydes is 1. The van der Waals surface area contributed by atoms with Crippen LogP contribution in [-0.4, -0.2) is 19.4 Å². The Morgan fingerprint density at radius 1 is 1.36 bits per heavy atom.